The van der Waals surface area contributed by atoms with E-state index < -0.39 is 47.6 Å². The zero-order valence-corrected chi connectivity index (χ0v) is 8.63. The fourth-order valence-electron chi connectivity index (χ4n) is 1.38. The zero-order chi connectivity index (χ0) is 14.1. The molecule has 0 amide bonds. The molecule has 0 radical (unpaired) electrons. The Morgan fingerprint density at radius 2 is 2.00 bits per heavy atom. The molecule has 0 unspecified atom stereocenters. The number of anilines is 1. The minimum absolute atomic E-state index is 0.337. The van der Waals surface area contributed by atoms with Gasteiger partial charge in [0.05, 0.1) is 12.0 Å². The quantitative estimate of drug-likeness (QED) is 0.826. The van der Waals surface area contributed by atoms with E-state index in [0.29, 0.717) is 6.07 Å². The Labute approximate surface area is 97.2 Å². The predicted octanol–water partition coefficient (Wildman–Crippen LogP) is 2.25. The van der Waals surface area contributed by atoms with Crippen molar-refractivity contribution in [3.8, 4) is 0 Å². The van der Waals surface area contributed by atoms with Crippen molar-refractivity contribution in [1.82, 2.24) is 4.98 Å². The van der Waals surface area contributed by atoms with Crippen molar-refractivity contribution < 1.29 is 31.9 Å². The second-order valence-corrected chi connectivity index (χ2v) is 3.33. The number of pyridine rings is 1. The third-order valence-corrected chi connectivity index (χ3v) is 2.02. The Hall–Kier alpha value is -1.93. The van der Waals surface area contributed by atoms with Crippen molar-refractivity contribution in [2.45, 2.75) is 19.0 Å². The number of aromatic nitrogens is 1. The average Bonchev–Trinajstić information content (AvgIpc) is 2.17. The summed E-state index contributed by atoms with van der Waals surface area (Å²) in [5, 5.41) is 8.46. The van der Waals surface area contributed by atoms with Crippen LogP contribution in [-0.4, -0.2) is 16.1 Å². The summed E-state index contributed by atoms with van der Waals surface area (Å²) in [4.78, 5) is 13.5. The van der Waals surface area contributed by atoms with E-state index >= 15 is 0 Å². The van der Waals surface area contributed by atoms with Gasteiger partial charge in [0.1, 0.15) is 11.5 Å². The number of nitrogens with zero attached hydrogens (tertiary/aromatic N) is 1. The first kappa shape index (κ1) is 14.1. The van der Waals surface area contributed by atoms with Crippen molar-refractivity contribution >= 4 is 11.8 Å². The van der Waals surface area contributed by atoms with Crippen LogP contribution in [-0.2, 0) is 17.4 Å². The van der Waals surface area contributed by atoms with Crippen LogP contribution in [0.1, 0.15) is 23.2 Å². The van der Waals surface area contributed by atoms with Crippen LogP contribution in [0.2, 0.25) is 0 Å². The van der Waals surface area contributed by atoms with E-state index in [9.17, 15) is 26.7 Å². The Balaban J connectivity index is 3.52. The highest BCUT2D eigenvalue weighted by molar-refractivity contribution is 5.71. The van der Waals surface area contributed by atoms with Gasteiger partial charge in [-0.05, 0) is 6.07 Å². The summed E-state index contributed by atoms with van der Waals surface area (Å²) in [6.07, 6.45) is -9.53. The molecule has 0 aliphatic rings. The van der Waals surface area contributed by atoms with E-state index in [4.69, 9.17) is 10.8 Å². The minimum Gasteiger partial charge on any atom is -0.481 e. The smallest absolute Gasteiger partial charge is 0.416 e. The molecule has 0 saturated carbocycles. The van der Waals surface area contributed by atoms with Crippen LogP contribution in [0.15, 0.2) is 6.07 Å². The number of hydrogen-bond donors (Lipinski definition) is 2. The number of nitrogen functional groups attached to an aromatic ring is 1. The molecular formula is C9H7F5N2O2. The summed E-state index contributed by atoms with van der Waals surface area (Å²) in [5.41, 5.74) is 1.17. The van der Waals surface area contributed by atoms with E-state index in [2.05, 4.69) is 4.98 Å². The molecule has 100 valence electrons. The Bertz CT molecular complexity index is 473. The maximum atomic E-state index is 12.6. The largest absolute Gasteiger partial charge is 0.481 e. The molecule has 0 aromatic carbocycles. The molecule has 9 heteroatoms. The van der Waals surface area contributed by atoms with Crippen LogP contribution in [0.5, 0.6) is 0 Å². The zero-order valence-electron chi connectivity index (χ0n) is 8.63. The first-order valence-electron chi connectivity index (χ1n) is 4.49. The molecule has 0 saturated heterocycles. The first-order chi connectivity index (χ1) is 8.12. The lowest BCUT2D eigenvalue weighted by Gasteiger charge is -2.15. The predicted molar refractivity (Wildman–Crippen MR) is 49.9 cm³/mol. The van der Waals surface area contributed by atoms with Crippen LogP contribution in [0.4, 0.5) is 27.8 Å². The maximum absolute atomic E-state index is 12.6. The summed E-state index contributed by atoms with van der Waals surface area (Å²) in [7, 11) is 0. The summed E-state index contributed by atoms with van der Waals surface area (Å²) >= 11 is 0. The Morgan fingerprint density at radius 3 is 2.39 bits per heavy atom. The molecule has 1 aromatic heterocycles. The van der Waals surface area contributed by atoms with E-state index in [1.807, 2.05) is 0 Å². The maximum Gasteiger partial charge on any atom is 0.416 e. The highest BCUT2D eigenvalue weighted by Crippen LogP contribution is 2.36. The monoisotopic (exact) mass is 270 g/mol. The van der Waals surface area contributed by atoms with Gasteiger partial charge in [-0.25, -0.2) is 13.8 Å². The van der Waals surface area contributed by atoms with Gasteiger partial charge >= 0.3 is 12.1 Å². The molecule has 0 spiro atoms. The van der Waals surface area contributed by atoms with E-state index in [0.717, 1.165) is 0 Å². The lowest BCUT2D eigenvalue weighted by atomic mass is 10.0. The lowest BCUT2D eigenvalue weighted by molar-refractivity contribution is -0.139. The number of aliphatic carboxylic acids is 1. The van der Waals surface area contributed by atoms with Crippen LogP contribution in [0.25, 0.3) is 0 Å². The normalized spacial score (nSPS) is 11.9. The number of hydrogen-bond acceptors (Lipinski definition) is 3. The first-order valence-corrected chi connectivity index (χ1v) is 4.49. The summed E-state index contributed by atoms with van der Waals surface area (Å²) in [5.74, 6) is -2.42. The van der Waals surface area contributed by atoms with Crippen LogP contribution in [0.3, 0.4) is 0 Å². The molecule has 3 N–H and O–H groups in total. The van der Waals surface area contributed by atoms with Crippen molar-refractivity contribution in [3.05, 3.63) is 22.9 Å². The number of carboxylic acid groups (broad SMARTS) is 1. The molecule has 0 fully saturated rings. The number of nitrogens with two attached hydrogens (primary N) is 1. The molecule has 0 bridgehead atoms. The van der Waals surface area contributed by atoms with Gasteiger partial charge in [0.25, 0.3) is 6.43 Å². The molecule has 18 heavy (non-hydrogen) atoms. The standard InChI is InChI=1S/C9H7F5N2O2/c10-8(11)7-3(1-6(17)18)4(9(12,13)14)2-5(15)16-7/h2,8H,1H2,(H2,15,16)(H,17,18). The molecule has 1 rings (SSSR count). The van der Waals surface area contributed by atoms with Crippen molar-refractivity contribution in [3.63, 3.8) is 0 Å². The minimum atomic E-state index is -4.98. The van der Waals surface area contributed by atoms with Crippen molar-refractivity contribution in [2.24, 2.45) is 0 Å². The van der Waals surface area contributed by atoms with Gasteiger partial charge in [-0.1, -0.05) is 0 Å². The van der Waals surface area contributed by atoms with E-state index in [-0.39, 0.29) is 0 Å². The fourth-order valence-corrected chi connectivity index (χ4v) is 1.38. The van der Waals surface area contributed by atoms with Gasteiger partial charge in [0.2, 0.25) is 0 Å². The SMILES string of the molecule is Nc1cc(C(F)(F)F)c(CC(=O)O)c(C(F)F)n1. The molecule has 0 aliphatic heterocycles. The van der Waals surface area contributed by atoms with Crippen LogP contribution < -0.4 is 5.73 Å². The molecule has 1 heterocycles. The third-order valence-electron chi connectivity index (χ3n) is 2.02. The van der Waals surface area contributed by atoms with Gasteiger partial charge in [-0.3, -0.25) is 4.79 Å². The average molecular weight is 270 g/mol. The lowest BCUT2D eigenvalue weighted by Crippen LogP contribution is -2.17. The Kier molecular flexibility index (Phi) is 3.73. The molecule has 0 aliphatic carbocycles. The Morgan fingerprint density at radius 1 is 1.44 bits per heavy atom. The fraction of sp³-hybridized carbons (Fsp3) is 0.333. The van der Waals surface area contributed by atoms with Crippen molar-refractivity contribution in [2.75, 3.05) is 5.73 Å². The number of rotatable bonds is 3. The van der Waals surface area contributed by atoms with Gasteiger partial charge < -0.3 is 10.8 Å². The topological polar surface area (TPSA) is 76.2 Å². The van der Waals surface area contributed by atoms with E-state index in [1.54, 1.807) is 0 Å². The van der Waals surface area contributed by atoms with E-state index in [1.165, 1.54) is 0 Å². The van der Waals surface area contributed by atoms with Gasteiger partial charge in [0, 0.05) is 5.56 Å². The summed E-state index contributed by atoms with van der Waals surface area (Å²) in [6.45, 7) is 0. The molecular weight excluding hydrogens is 263 g/mol. The number of carbonyl (C=O) groups is 1. The van der Waals surface area contributed by atoms with Gasteiger partial charge in [-0.2, -0.15) is 13.2 Å². The van der Waals surface area contributed by atoms with Crippen LogP contribution >= 0.6 is 0 Å². The highest BCUT2D eigenvalue weighted by atomic mass is 19.4. The third kappa shape index (κ3) is 3.05. The molecule has 1 aromatic rings. The van der Waals surface area contributed by atoms with Crippen molar-refractivity contribution in [1.29, 1.82) is 0 Å². The summed E-state index contributed by atoms with van der Waals surface area (Å²) in [6, 6.07) is 0.337. The second-order valence-electron chi connectivity index (χ2n) is 3.33. The number of carboxylic acids is 1. The highest BCUT2D eigenvalue weighted by Gasteiger charge is 2.37. The molecule has 0 atom stereocenters. The second kappa shape index (κ2) is 4.75. The van der Waals surface area contributed by atoms with Crippen LogP contribution in [0, 0.1) is 0 Å². The molecule has 4 nitrogen and oxygen atoms in total. The van der Waals surface area contributed by atoms with Gasteiger partial charge in [-0.15, -0.1) is 0 Å². The number of halogens is 5. The van der Waals surface area contributed by atoms with Gasteiger partial charge in [0.15, 0.2) is 0 Å². The number of alkyl halides is 5. The summed E-state index contributed by atoms with van der Waals surface area (Å²) < 4.78 is 62.9.